The summed E-state index contributed by atoms with van der Waals surface area (Å²) in [5.41, 5.74) is 1.48. The van der Waals surface area contributed by atoms with Crippen LogP contribution in [0.25, 0.3) is 0 Å². The van der Waals surface area contributed by atoms with E-state index in [9.17, 15) is 19.7 Å². The molecule has 164 valence electrons. The summed E-state index contributed by atoms with van der Waals surface area (Å²) in [4.78, 5) is 38.2. The smallest absolute Gasteiger partial charge is 0.293 e. The lowest BCUT2D eigenvalue weighted by Gasteiger charge is -2.43. The first-order chi connectivity index (χ1) is 15.4. The minimum Gasteiger partial charge on any atom is -0.365 e. The molecular weight excluding hydrogens is 414 g/mol. The van der Waals surface area contributed by atoms with Gasteiger partial charge in [0.15, 0.2) is 5.82 Å². The van der Waals surface area contributed by atoms with Crippen molar-refractivity contribution in [3.63, 3.8) is 0 Å². The Morgan fingerprint density at radius 3 is 2.81 bits per heavy atom. The Labute approximate surface area is 182 Å². The summed E-state index contributed by atoms with van der Waals surface area (Å²) in [7, 11) is 0. The fourth-order valence-electron chi connectivity index (χ4n) is 4.79. The summed E-state index contributed by atoms with van der Waals surface area (Å²) >= 11 is 0. The lowest BCUT2D eigenvalue weighted by atomic mass is 9.83. The van der Waals surface area contributed by atoms with Crippen molar-refractivity contribution in [3.8, 4) is 0 Å². The Balaban J connectivity index is 1.43. The number of nitro groups is 1. The van der Waals surface area contributed by atoms with E-state index in [4.69, 9.17) is 4.52 Å². The van der Waals surface area contributed by atoms with E-state index in [0.29, 0.717) is 31.1 Å². The molecule has 2 aliphatic rings. The van der Waals surface area contributed by atoms with E-state index < -0.39 is 10.8 Å². The van der Waals surface area contributed by atoms with Gasteiger partial charge in [0.05, 0.1) is 4.92 Å². The highest BCUT2D eigenvalue weighted by Crippen LogP contribution is 2.39. The van der Waals surface area contributed by atoms with Gasteiger partial charge in [-0.25, -0.2) is 0 Å². The molecule has 2 aliphatic heterocycles. The van der Waals surface area contributed by atoms with Crippen LogP contribution in [0.4, 0.5) is 17.2 Å². The van der Waals surface area contributed by atoms with Gasteiger partial charge in [-0.3, -0.25) is 19.7 Å². The molecule has 3 aromatic rings. The number of carbonyl (C=O) groups excluding carboxylic acids is 1. The molecule has 1 amide bonds. The molecule has 10 heteroatoms. The number of carbonyl (C=O) groups is 1. The van der Waals surface area contributed by atoms with Gasteiger partial charge >= 0.3 is 0 Å². The SMILES string of the molecule is Cc1cc(NC(=O)c2ccc(N3CC4CC(C3)c3cccc(=O)n3C4)c([N+](=O)[O-])c2)no1. The largest absolute Gasteiger partial charge is 0.365 e. The number of hydrogen-bond acceptors (Lipinski definition) is 7. The Bertz CT molecular complexity index is 1280. The monoisotopic (exact) mass is 435 g/mol. The van der Waals surface area contributed by atoms with Crippen molar-refractivity contribution in [2.75, 3.05) is 23.3 Å². The molecule has 2 bridgehead atoms. The predicted octanol–water partition coefficient (Wildman–Crippen LogP) is 2.93. The van der Waals surface area contributed by atoms with Crippen LogP contribution in [0.15, 0.2) is 51.8 Å². The fourth-order valence-corrected chi connectivity index (χ4v) is 4.79. The van der Waals surface area contributed by atoms with Crippen LogP contribution in [-0.2, 0) is 6.54 Å². The average Bonchev–Trinajstić information content (AvgIpc) is 3.18. The van der Waals surface area contributed by atoms with E-state index in [1.54, 1.807) is 37.3 Å². The van der Waals surface area contributed by atoms with E-state index in [0.717, 1.165) is 12.1 Å². The molecule has 0 spiro atoms. The predicted molar refractivity (Wildman–Crippen MR) is 116 cm³/mol. The fraction of sp³-hybridized carbons (Fsp3) is 0.318. The van der Waals surface area contributed by atoms with Crippen molar-refractivity contribution >= 4 is 23.1 Å². The maximum Gasteiger partial charge on any atom is 0.293 e. The normalized spacial score (nSPS) is 19.3. The zero-order valence-corrected chi connectivity index (χ0v) is 17.4. The number of nitrogens with one attached hydrogen (secondary N) is 1. The number of rotatable bonds is 4. The maximum absolute atomic E-state index is 12.6. The third-order valence-corrected chi connectivity index (χ3v) is 6.12. The van der Waals surface area contributed by atoms with E-state index in [-0.39, 0.29) is 34.5 Å². The number of anilines is 2. The number of nitro benzene ring substituents is 1. The topological polar surface area (TPSA) is 124 Å². The summed E-state index contributed by atoms with van der Waals surface area (Å²) in [6, 6.07) is 11.3. The molecule has 10 nitrogen and oxygen atoms in total. The van der Waals surface area contributed by atoms with Crippen molar-refractivity contribution in [1.82, 2.24) is 9.72 Å². The Morgan fingerprint density at radius 2 is 2.06 bits per heavy atom. The third-order valence-electron chi connectivity index (χ3n) is 6.12. The number of aryl methyl sites for hydroxylation is 1. The zero-order chi connectivity index (χ0) is 22.4. The second kappa shape index (κ2) is 7.63. The second-order valence-electron chi connectivity index (χ2n) is 8.34. The van der Waals surface area contributed by atoms with E-state index >= 15 is 0 Å². The molecule has 4 heterocycles. The summed E-state index contributed by atoms with van der Waals surface area (Å²) in [5.74, 6) is 0.628. The second-order valence-corrected chi connectivity index (χ2v) is 8.34. The molecule has 2 atom stereocenters. The van der Waals surface area contributed by atoms with Gasteiger partial charge in [-0.15, -0.1) is 0 Å². The van der Waals surface area contributed by atoms with Gasteiger partial charge in [0.25, 0.3) is 17.2 Å². The molecule has 2 aromatic heterocycles. The van der Waals surface area contributed by atoms with Crippen molar-refractivity contribution in [1.29, 1.82) is 0 Å². The minimum absolute atomic E-state index is 0.00528. The summed E-state index contributed by atoms with van der Waals surface area (Å²) < 4.78 is 6.75. The first-order valence-corrected chi connectivity index (χ1v) is 10.4. The number of benzene rings is 1. The first kappa shape index (κ1) is 20.0. The van der Waals surface area contributed by atoms with Gasteiger partial charge in [0.2, 0.25) is 0 Å². The minimum atomic E-state index is -0.503. The lowest BCUT2D eigenvalue weighted by molar-refractivity contribution is -0.384. The molecule has 1 fully saturated rings. The van der Waals surface area contributed by atoms with Crippen LogP contribution in [0.3, 0.4) is 0 Å². The van der Waals surface area contributed by atoms with Crippen molar-refractivity contribution < 1.29 is 14.2 Å². The number of fused-ring (bicyclic) bond motifs is 4. The number of hydrogen-bond donors (Lipinski definition) is 1. The standard InChI is InChI=1S/C22H21N5O5/c1-13-7-20(24-32-13)23-22(29)15-5-6-18(19(9-15)27(30)31)25-10-14-8-16(12-25)17-3-2-4-21(28)26(17)11-14/h2-7,9,14,16H,8,10-12H2,1H3,(H,23,24,29). The van der Waals surface area contributed by atoms with Crippen LogP contribution in [0.1, 0.15) is 34.2 Å². The Kier molecular flexibility index (Phi) is 4.76. The van der Waals surface area contributed by atoms with Gasteiger partial charge in [-0.2, -0.15) is 0 Å². The molecule has 1 aromatic carbocycles. The van der Waals surface area contributed by atoms with Crippen LogP contribution >= 0.6 is 0 Å². The van der Waals surface area contributed by atoms with Crippen molar-refractivity contribution in [2.24, 2.45) is 5.92 Å². The van der Waals surface area contributed by atoms with Crippen LogP contribution in [0, 0.1) is 23.0 Å². The molecule has 32 heavy (non-hydrogen) atoms. The summed E-state index contributed by atoms with van der Waals surface area (Å²) in [6.45, 7) is 3.49. The third kappa shape index (κ3) is 3.53. The molecule has 1 N–H and O–H groups in total. The van der Waals surface area contributed by atoms with Gasteiger partial charge in [0, 0.05) is 55.0 Å². The maximum atomic E-state index is 12.6. The number of aromatic nitrogens is 2. The Hall–Kier alpha value is -3.95. The number of amides is 1. The summed E-state index contributed by atoms with van der Waals surface area (Å²) in [6.07, 6.45) is 0.950. The van der Waals surface area contributed by atoms with E-state index in [1.165, 1.54) is 6.07 Å². The summed E-state index contributed by atoms with van der Waals surface area (Å²) in [5, 5.41) is 18.2. The van der Waals surface area contributed by atoms with Crippen LogP contribution < -0.4 is 15.8 Å². The van der Waals surface area contributed by atoms with E-state index in [2.05, 4.69) is 10.5 Å². The molecule has 2 unspecified atom stereocenters. The van der Waals surface area contributed by atoms with Crippen molar-refractivity contribution in [3.05, 3.63) is 80.0 Å². The highest BCUT2D eigenvalue weighted by Gasteiger charge is 2.36. The van der Waals surface area contributed by atoms with E-state index in [1.807, 2.05) is 15.5 Å². The number of piperidine rings is 1. The van der Waals surface area contributed by atoms with Gasteiger partial charge in [-0.1, -0.05) is 11.2 Å². The molecule has 0 radical (unpaired) electrons. The molecular formula is C22H21N5O5. The number of nitrogens with zero attached hydrogens (tertiary/aromatic N) is 4. The molecule has 0 saturated carbocycles. The Morgan fingerprint density at radius 1 is 1.22 bits per heavy atom. The van der Waals surface area contributed by atoms with Crippen LogP contribution in [0.5, 0.6) is 0 Å². The number of pyridine rings is 1. The molecule has 5 rings (SSSR count). The van der Waals surface area contributed by atoms with Crippen molar-refractivity contribution in [2.45, 2.75) is 25.8 Å². The highest BCUT2D eigenvalue weighted by molar-refractivity contribution is 6.04. The average molecular weight is 435 g/mol. The van der Waals surface area contributed by atoms with Crippen LogP contribution in [0.2, 0.25) is 0 Å². The lowest BCUT2D eigenvalue weighted by Crippen LogP contribution is -2.47. The quantitative estimate of drug-likeness (QED) is 0.494. The molecule has 1 saturated heterocycles. The highest BCUT2D eigenvalue weighted by atomic mass is 16.6. The van der Waals surface area contributed by atoms with Crippen LogP contribution in [-0.4, -0.2) is 33.6 Å². The zero-order valence-electron chi connectivity index (χ0n) is 17.4. The molecule has 0 aliphatic carbocycles. The first-order valence-electron chi connectivity index (χ1n) is 10.4. The van der Waals surface area contributed by atoms with Gasteiger partial charge in [0.1, 0.15) is 11.4 Å². The van der Waals surface area contributed by atoms with Gasteiger partial charge < -0.3 is 19.3 Å². The van der Waals surface area contributed by atoms with Gasteiger partial charge in [-0.05, 0) is 37.5 Å².